The van der Waals surface area contributed by atoms with E-state index in [2.05, 4.69) is 15.6 Å². The minimum absolute atomic E-state index is 0.182. The van der Waals surface area contributed by atoms with E-state index in [1.54, 1.807) is 12.1 Å². The highest BCUT2D eigenvalue weighted by atomic mass is 32.1. The van der Waals surface area contributed by atoms with Gasteiger partial charge in [0.05, 0.1) is 6.26 Å². The first-order chi connectivity index (χ1) is 13.1. The highest BCUT2D eigenvalue weighted by Crippen LogP contribution is 2.25. The number of fused-ring (bicyclic) bond motifs is 1. The van der Waals surface area contributed by atoms with Crippen molar-refractivity contribution < 1.29 is 13.6 Å². The molecule has 2 heterocycles. The van der Waals surface area contributed by atoms with Crippen LogP contribution in [0.2, 0.25) is 0 Å². The molecule has 0 aliphatic heterocycles. The van der Waals surface area contributed by atoms with Crippen LogP contribution in [0, 0.1) is 6.92 Å². The van der Waals surface area contributed by atoms with Gasteiger partial charge in [0.15, 0.2) is 16.5 Å². The number of amides is 1. The Labute approximate surface area is 160 Å². The topological polar surface area (TPSA) is 80.3 Å². The van der Waals surface area contributed by atoms with Crippen molar-refractivity contribution in [2.75, 3.05) is 5.32 Å². The summed E-state index contributed by atoms with van der Waals surface area (Å²) in [5.41, 5.74) is 4.29. The number of carbonyl (C=O) groups excluding carboxylic acids is 1. The van der Waals surface area contributed by atoms with Gasteiger partial charge in [-0.25, -0.2) is 4.98 Å². The first kappa shape index (κ1) is 17.0. The summed E-state index contributed by atoms with van der Waals surface area (Å²) in [5, 5.41) is 5.69. The van der Waals surface area contributed by atoms with E-state index in [0.29, 0.717) is 5.89 Å². The molecule has 0 saturated carbocycles. The number of nitrogens with zero attached hydrogens (tertiary/aromatic N) is 1. The van der Waals surface area contributed by atoms with Crippen LogP contribution in [0.3, 0.4) is 0 Å². The molecule has 0 aliphatic rings. The fraction of sp³-hybridized carbons (Fsp3) is 0.0500. The Kier molecular flexibility index (Phi) is 4.43. The van der Waals surface area contributed by atoms with Gasteiger partial charge in [0, 0.05) is 11.3 Å². The normalized spacial score (nSPS) is 10.7. The molecule has 1 amide bonds. The lowest BCUT2D eigenvalue weighted by Gasteiger charge is -2.08. The maximum absolute atomic E-state index is 11.9. The Hall–Kier alpha value is -3.45. The van der Waals surface area contributed by atoms with Gasteiger partial charge in [0.1, 0.15) is 5.52 Å². The van der Waals surface area contributed by atoms with Gasteiger partial charge in [0.25, 0.3) is 5.91 Å². The molecule has 7 heteroatoms. The third-order valence-corrected chi connectivity index (χ3v) is 4.11. The van der Waals surface area contributed by atoms with Crippen molar-refractivity contribution in [3.05, 3.63) is 72.2 Å². The minimum Gasteiger partial charge on any atom is -0.459 e. The zero-order valence-electron chi connectivity index (χ0n) is 14.4. The van der Waals surface area contributed by atoms with Gasteiger partial charge >= 0.3 is 0 Å². The Balaban J connectivity index is 1.45. The summed E-state index contributed by atoms with van der Waals surface area (Å²) in [6, 6.07) is 16.5. The van der Waals surface area contributed by atoms with Gasteiger partial charge in [-0.05, 0) is 73.2 Å². The molecule has 0 radical (unpaired) electrons. The Bertz CT molecular complexity index is 1120. The van der Waals surface area contributed by atoms with E-state index < -0.39 is 5.91 Å². The van der Waals surface area contributed by atoms with Crippen LogP contribution in [0.5, 0.6) is 0 Å². The van der Waals surface area contributed by atoms with E-state index in [1.807, 2.05) is 49.4 Å². The molecule has 134 valence electrons. The van der Waals surface area contributed by atoms with E-state index in [4.69, 9.17) is 21.1 Å². The predicted octanol–water partition coefficient (Wildman–Crippen LogP) is 4.52. The predicted molar refractivity (Wildman–Crippen MR) is 107 cm³/mol. The highest BCUT2D eigenvalue weighted by Gasteiger charge is 2.11. The monoisotopic (exact) mass is 377 g/mol. The van der Waals surface area contributed by atoms with Gasteiger partial charge < -0.3 is 14.2 Å². The molecular formula is C20H15N3O3S. The maximum Gasteiger partial charge on any atom is 0.293 e. The smallest absolute Gasteiger partial charge is 0.293 e. The molecule has 4 rings (SSSR count). The highest BCUT2D eigenvalue weighted by molar-refractivity contribution is 7.80. The molecule has 2 aromatic heterocycles. The van der Waals surface area contributed by atoms with E-state index in [-0.39, 0.29) is 10.9 Å². The quantitative estimate of drug-likeness (QED) is 0.511. The molecule has 4 aromatic rings. The number of anilines is 1. The SMILES string of the molecule is Cc1ccc2oc(-c3ccc(NC(=S)NC(=O)c4ccco4)cc3)nc2c1. The third-order valence-electron chi connectivity index (χ3n) is 3.90. The summed E-state index contributed by atoms with van der Waals surface area (Å²) in [4.78, 5) is 16.4. The first-order valence-corrected chi connectivity index (χ1v) is 8.63. The van der Waals surface area contributed by atoms with E-state index >= 15 is 0 Å². The lowest BCUT2D eigenvalue weighted by Crippen LogP contribution is -2.33. The molecule has 0 saturated heterocycles. The summed E-state index contributed by atoms with van der Waals surface area (Å²) in [6.45, 7) is 2.02. The standard InChI is InChI=1S/C20H15N3O3S/c1-12-4-9-16-15(11-12)22-19(26-16)13-5-7-14(8-6-13)21-20(27)23-18(24)17-3-2-10-25-17/h2-11H,1H3,(H2,21,23,24,27). The fourth-order valence-corrected chi connectivity index (χ4v) is 2.80. The number of carbonyl (C=O) groups is 1. The second-order valence-corrected chi connectivity index (χ2v) is 6.36. The molecule has 2 N–H and O–H groups in total. The van der Waals surface area contributed by atoms with Crippen LogP contribution in [0.1, 0.15) is 16.1 Å². The Morgan fingerprint density at radius 2 is 1.93 bits per heavy atom. The van der Waals surface area contributed by atoms with Gasteiger partial charge in [0.2, 0.25) is 5.89 Å². The van der Waals surface area contributed by atoms with Crippen LogP contribution in [0.25, 0.3) is 22.6 Å². The molecule has 2 aromatic carbocycles. The van der Waals surface area contributed by atoms with Crippen LogP contribution in [0.15, 0.2) is 69.7 Å². The van der Waals surface area contributed by atoms with Crippen molar-refractivity contribution in [1.29, 1.82) is 0 Å². The molecule has 0 fully saturated rings. The van der Waals surface area contributed by atoms with Crippen LogP contribution in [-0.2, 0) is 0 Å². The van der Waals surface area contributed by atoms with Gasteiger partial charge in [-0.15, -0.1) is 0 Å². The number of aromatic nitrogens is 1. The molecule has 6 nitrogen and oxygen atoms in total. The fourth-order valence-electron chi connectivity index (χ4n) is 2.59. The second kappa shape index (κ2) is 7.05. The summed E-state index contributed by atoms with van der Waals surface area (Å²) in [5.74, 6) is 0.340. The van der Waals surface area contributed by atoms with Crippen molar-refractivity contribution in [3.8, 4) is 11.5 Å². The van der Waals surface area contributed by atoms with E-state index in [0.717, 1.165) is 27.9 Å². The van der Waals surface area contributed by atoms with Crippen molar-refractivity contribution >= 4 is 40.0 Å². The number of furan rings is 1. The Morgan fingerprint density at radius 1 is 1.11 bits per heavy atom. The van der Waals surface area contributed by atoms with Crippen LogP contribution < -0.4 is 10.6 Å². The summed E-state index contributed by atoms with van der Waals surface area (Å²) >= 11 is 5.15. The number of oxazole rings is 1. The molecule has 27 heavy (non-hydrogen) atoms. The first-order valence-electron chi connectivity index (χ1n) is 8.22. The Morgan fingerprint density at radius 3 is 2.67 bits per heavy atom. The number of aryl methyl sites for hydroxylation is 1. The number of benzene rings is 2. The van der Waals surface area contributed by atoms with Crippen molar-refractivity contribution in [2.45, 2.75) is 6.92 Å². The second-order valence-electron chi connectivity index (χ2n) is 5.95. The van der Waals surface area contributed by atoms with E-state index in [9.17, 15) is 4.79 Å². The molecule has 0 bridgehead atoms. The summed E-state index contributed by atoms with van der Waals surface area (Å²) < 4.78 is 10.8. The van der Waals surface area contributed by atoms with Crippen LogP contribution in [-0.4, -0.2) is 16.0 Å². The molecule has 0 aliphatic carbocycles. The summed E-state index contributed by atoms with van der Waals surface area (Å²) in [6.07, 6.45) is 1.43. The lowest BCUT2D eigenvalue weighted by atomic mass is 10.2. The number of hydrogen-bond acceptors (Lipinski definition) is 5. The average Bonchev–Trinajstić information content (AvgIpc) is 3.31. The van der Waals surface area contributed by atoms with E-state index in [1.165, 1.54) is 6.26 Å². The number of hydrogen-bond donors (Lipinski definition) is 2. The number of nitrogens with one attached hydrogen (secondary N) is 2. The molecule has 0 spiro atoms. The van der Waals surface area contributed by atoms with Gasteiger partial charge in [-0.1, -0.05) is 6.07 Å². The van der Waals surface area contributed by atoms with Crippen molar-refractivity contribution in [3.63, 3.8) is 0 Å². The van der Waals surface area contributed by atoms with Gasteiger partial charge in [-0.3, -0.25) is 10.1 Å². The van der Waals surface area contributed by atoms with Gasteiger partial charge in [-0.2, -0.15) is 0 Å². The zero-order chi connectivity index (χ0) is 18.8. The van der Waals surface area contributed by atoms with Crippen LogP contribution >= 0.6 is 12.2 Å². The summed E-state index contributed by atoms with van der Waals surface area (Å²) in [7, 11) is 0. The minimum atomic E-state index is -0.407. The van der Waals surface area contributed by atoms with Crippen LogP contribution in [0.4, 0.5) is 5.69 Å². The number of thiocarbonyl (C=S) groups is 1. The largest absolute Gasteiger partial charge is 0.459 e. The average molecular weight is 377 g/mol. The number of rotatable bonds is 3. The maximum atomic E-state index is 11.9. The lowest BCUT2D eigenvalue weighted by molar-refractivity contribution is 0.0950. The van der Waals surface area contributed by atoms with Crippen molar-refractivity contribution in [2.24, 2.45) is 0 Å². The molecular weight excluding hydrogens is 362 g/mol. The van der Waals surface area contributed by atoms with Crippen molar-refractivity contribution in [1.82, 2.24) is 10.3 Å². The molecule has 0 unspecified atom stereocenters. The molecule has 0 atom stereocenters. The third kappa shape index (κ3) is 3.73. The zero-order valence-corrected chi connectivity index (χ0v) is 15.2.